The van der Waals surface area contributed by atoms with E-state index in [0.717, 1.165) is 12.1 Å². The predicted octanol–water partition coefficient (Wildman–Crippen LogP) is 1.52. The molecule has 1 rings (SSSR count). The van der Waals surface area contributed by atoms with Crippen molar-refractivity contribution in [3.63, 3.8) is 0 Å². The standard InChI is InChI=1S/C13H23N3O2S/c1-4-11(14)9-15-12-5-7-13(8-6-12)19(17,18)16-10(2)3/h5-8,10-11,15-16H,4,9,14H2,1-3H3. The van der Waals surface area contributed by atoms with Gasteiger partial charge in [0.1, 0.15) is 0 Å². The number of benzene rings is 1. The van der Waals surface area contributed by atoms with Gasteiger partial charge >= 0.3 is 0 Å². The van der Waals surface area contributed by atoms with Gasteiger partial charge in [-0.1, -0.05) is 6.92 Å². The molecule has 1 aromatic carbocycles. The van der Waals surface area contributed by atoms with E-state index in [9.17, 15) is 8.42 Å². The fraction of sp³-hybridized carbons (Fsp3) is 0.538. The first-order valence-electron chi connectivity index (χ1n) is 6.47. The zero-order valence-corrected chi connectivity index (χ0v) is 12.5. The first kappa shape index (κ1) is 15.9. The molecule has 5 nitrogen and oxygen atoms in total. The highest BCUT2D eigenvalue weighted by Crippen LogP contribution is 2.14. The fourth-order valence-corrected chi connectivity index (χ4v) is 2.77. The van der Waals surface area contributed by atoms with Crippen LogP contribution in [0.1, 0.15) is 27.2 Å². The Bertz CT molecular complexity index is 483. The maximum atomic E-state index is 11.9. The van der Waals surface area contributed by atoms with Gasteiger partial charge in [0.05, 0.1) is 4.90 Å². The van der Waals surface area contributed by atoms with Gasteiger partial charge < -0.3 is 11.1 Å². The molecule has 1 unspecified atom stereocenters. The van der Waals surface area contributed by atoms with Gasteiger partial charge in [-0.05, 0) is 44.5 Å². The number of nitrogens with one attached hydrogen (secondary N) is 2. The van der Waals surface area contributed by atoms with E-state index in [1.807, 2.05) is 6.92 Å². The van der Waals surface area contributed by atoms with Crippen LogP contribution in [0.25, 0.3) is 0 Å². The summed E-state index contributed by atoms with van der Waals surface area (Å²) in [6, 6.07) is 6.65. The van der Waals surface area contributed by atoms with Crippen LogP contribution in [0.2, 0.25) is 0 Å². The molecule has 0 amide bonds. The van der Waals surface area contributed by atoms with Crippen LogP contribution < -0.4 is 15.8 Å². The highest BCUT2D eigenvalue weighted by molar-refractivity contribution is 7.89. The SMILES string of the molecule is CCC(N)CNc1ccc(S(=O)(=O)NC(C)C)cc1. The van der Waals surface area contributed by atoms with Gasteiger partial charge in [-0.3, -0.25) is 0 Å². The molecular formula is C13H23N3O2S. The number of hydrogen-bond donors (Lipinski definition) is 3. The van der Waals surface area contributed by atoms with Crippen molar-refractivity contribution in [1.82, 2.24) is 4.72 Å². The fourth-order valence-electron chi connectivity index (χ4n) is 1.52. The second-order valence-corrected chi connectivity index (χ2v) is 6.56. The number of nitrogens with two attached hydrogens (primary N) is 1. The molecule has 0 radical (unpaired) electrons. The highest BCUT2D eigenvalue weighted by atomic mass is 32.2. The molecule has 0 spiro atoms. The van der Waals surface area contributed by atoms with Crippen LogP contribution in [-0.4, -0.2) is 27.0 Å². The highest BCUT2D eigenvalue weighted by Gasteiger charge is 2.14. The Balaban J connectivity index is 2.71. The van der Waals surface area contributed by atoms with Crippen molar-refractivity contribution in [2.45, 2.75) is 44.2 Å². The Morgan fingerprint density at radius 2 is 1.79 bits per heavy atom. The molecule has 6 heteroatoms. The number of sulfonamides is 1. The van der Waals surface area contributed by atoms with Crippen LogP contribution in [-0.2, 0) is 10.0 Å². The summed E-state index contributed by atoms with van der Waals surface area (Å²) in [4.78, 5) is 0.270. The van der Waals surface area contributed by atoms with Gasteiger partial charge in [-0.25, -0.2) is 13.1 Å². The van der Waals surface area contributed by atoms with Crippen LogP contribution in [0.5, 0.6) is 0 Å². The average molecular weight is 285 g/mol. The van der Waals surface area contributed by atoms with E-state index in [1.165, 1.54) is 0 Å². The minimum atomic E-state index is -3.41. The van der Waals surface area contributed by atoms with Crippen LogP contribution in [0, 0.1) is 0 Å². The van der Waals surface area contributed by atoms with E-state index in [4.69, 9.17) is 5.73 Å². The third kappa shape index (κ3) is 5.18. The summed E-state index contributed by atoms with van der Waals surface area (Å²) in [6.45, 7) is 6.28. The Morgan fingerprint density at radius 1 is 1.21 bits per heavy atom. The number of anilines is 1. The molecular weight excluding hydrogens is 262 g/mol. The minimum Gasteiger partial charge on any atom is -0.383 e. The van der Waals surface area contributed by atoms with Crippen LogP contribution in [0.4, 0.5) is 5.69 Å². The zero-order chi connectivity index (χ0) is 14.5. The predicted molar refractivity (Wildman–Crippen MR) is 78.7 cm³/mol. The van der Waals surface area contributed by atoms with E-state index >= 15 is 0 Å². The Kier molecular flexibility index (Phi) is 5.78. The summed E-state index contributed by atoms with van der Waals surface area (Å²) < 4.78 is 26.4. The first-order chi connectivity index (χ1) is 8.85. The van der Waals surface area contributed by atoms with E-state index in [-0.39, 0.29) is 17.0 Å². The van der Waals surface area contributed by atoms with Gasteiger partial charge in [-0.15, -0.1) is 0 Å². The molecule has 0 fully saturated rings. The Morgan fingerprint density at radius 3 is 2.26 bits per heavy atom. The molecule has 0 aliphatic heterocycles. The van der Waals surface area contributed by atoms with Gasteiger partial charge in [0.15, 0.2) is 0 Å². The topological polar surface area (TPSA) is 84.2 Å². The third-order valence-corrected chi connectivity index (χ3v) is 4.32. The first-order valence-corrected chi connectivity index (χ1v) is 7.95. The molecule has 0 aliphatic rings. The number of hydrogen-bond acceptors (Lipinski definition) is 4. The monoisotopic (exact) mass is 285 g/mol. The van der Waals surface area contributed by atoms with Crippen molar-refractivity contribution in [2.24, 2.45) is 5.73 Å². The van der Waals surface area contributed by atoms with Gasteiger partial charge in [-0.2, -0.15) is 0 Å². The van der Waals surface area contributed by atoms with Crippen molar-refractivity contribution >= 4 is 15.7 Å². The van der Waals surface area contributed by atoms with E-state index in [0.29, 0.717) is 6.54 Å². The van der Waals surface area contributed by atoms with Crippen molar-refractivity contribution in [3.8, 4) is 0 Å². The molecule has 0 saturated carbocycles. The van der Waals surface area contributed by atoms with E-state index in [1.54, 1.807) is 38.1 Å². The summed E-state index contributed by atoms with van der Waals surface area (Å²) >= 11 is 0. The maximum Gasteiger partial charge on any atom is 0.240 e. The normalized spacial score (nSPS) is 13.5. The van der Waals surface area contributed by atoms with Crippen molar-refractivity contribution in [2.75, 3.05) is 11.9 Å². The van der Waals surface area contributed by atoms with Crippen LogP contribution >= 0.6 is 0 Å². The lowest BCUT2D eigenvalue weighted by Crippen LogP contribution is -2.30. The lowest BCUT2D eigenvalue weighted by Gasteiger charge is -2.13. The summed E-state index contributed by atoms with van der Waals surface area (Å²) in [5.41, 5.74) is 6.67. The van der Waals surface area contributed by atoms with E-state index < -0.39 is 10.0 Å². The quantitative estimate of drug-likeness (QED) is 0.709. The summed E-state index contributed by atoms with van der Waals surface area (Å²) in [5, 5.41) is 3.17. The number of rotatable bonds is 7. The van der Waals surface area contributed by atoms with Gasteiger partial charge in [0.2, 0.25) is 10.0 Å². The molecule has 19 heavy (non-hydrogen) atoms. The van der Waals surface area contributed by atoms with Gasteiger partial charge in [0, 0.05) is 24.3 Å². The molecule has 108 valence electrons. The summed E-state index contributed by atoms with van der Waals surface area (Å²) in [5.74, 6) is 0. The minimum absolute atomic E-state index is 0.103. The molecule has 1 atom stereocenters. The van der Waals surface area contributed by atoms with Crippen molar-refractivity contribution < 1.29 is 8.42 Å². The smallest absolute Gasteiger partial charge is 0.240 e. The molecule has 0 aromatic heterocycles. The third-order valence-electron chi connectivity index (χ3n) is 2.65. The molecule has 0 heterocycles. The Hall–Kier alpha value is -1.11. The Labute approximate surface area is 115 Å². The summed E-state index contributed by atoms with van der Waals surface area (Å²) in [6.07, 6.45) is 0.901. The zero-order valence-electron chi connectivity index (χ0n) is 11.7. The molecule has 1 aromatic rings. The second-order valence-electron chi connectivity index (χ2n) is 4.85. The lowest BCUT2D eigenvalue weighted by atomic mass is 10.2. The second kappa shape index (κ2) is 6.88. The summed E-state index contributed by atoms with van der Waals surface area (Å²) in [7, 11) is -3.41. The van der Waals surface area contributed by atoms with Crippen molar-refractivity contribution in [1.29, 1.82) is 0 Å². The lowest BCUT2D eigenvalue weighted by molar-refractivity contribution is 0.570. The largest absolute Gasteiger partial charge is 0.383 e. The van der Waals surface area contributed by atoms with Gasteiger partial charge in [0.25, 0.3) is 0 Å². The molecule has 0 aliphatic carbocycles. The maximum absolute atomic E-state index is 11.9. The van der Waals surface area contributed by atoms with Crippen LogP contribution in [0.3, 0.4) is 0 Å². The molecule has 0 saturated heterocycles. The van der Waals surface area contributed by atoms with Crippen LogP contribution in [0.15, 0.2) is 29.2 Å². The molecule has 0 bridgehead atoms. The average Bonchev–Trinajstić information content (AvgIpc) is 2.35. The van der Waals surface area contributed by atoms with Crippen molar-refractivity contribution in [3.05, 3.63) is 24.3 Å². The van der Waals surface area contributed by atoms with E-state index in [2.05, 4.69) is 10.0 Å². The molecule has 4 N–H and O–H groups in total.